The molecule has 0 unspecified atom stereocenters. The van der Waals surface area contributed by atoms with Crippen LogP contribution in [0.25, 0.3) is 0 Å². The van der Waals surface area contributed by atoms with Crippen LogP contribution in [0.3, 0.4) is 0 Å². The van der Waals surface area contributed by atoms with Gasteiger partial charge < -0.3 is 14.5 Å². The molecule has 0 radical (unpaired) electrons. The Morgan fingerprint density at radius 2 is 2.00 bits per heavy atom. The first kappa shape index (κ1) is 16.9. The normalized spacial score (nSPS) is 14.5. The van der Waals surface area contributed by atoms with E-state index in [0.717, 1.165) is 28.9 Å². The molecule has 1 aliphatic heterocycles. The second-order valence-electron chi connectivity index (χ2n) is 5.73. The van der Waals surface area contributed by atoms with Crippen LogP contribution in [0.2, 0.25) is 0 Å². The number of rotatable bonds is 4. The summed E-state index contributed by atoms with van der Waals surface area (Å²) in [5.41, 5.74) is 1.71. The van der Waals surface area contributed by atoms with Crippen molar-refractivity contribution in [2.24, 2.45) is 0 Å². The van der Waals surface area contributed by atoms with Crippen molar-refractivity contribution in [3.05, 3.63) is 58.2 Å². The number of carbonyl (C=O) groups excluding carboxylic acids is 1. The average molecular weight is 390 g/mol. The number of nitrogens with zero attached hydrogens (tertiary/aromatic N) is 3. The molecule has 1 aromatic carbocycles. The molecule has 1 saturated heterocycles. The number of pyridine rings is 1. The number of benzene rings is 1. The van der Waals surface area contributed by atoms with Crippen LogP contribution in [-0.2, 0) is 11.3 Å². The number of anilines is 1. The summed E-state index contributed by atoms with van der Waals surface area (Å²) in [6.45, 7) is 3.38. The first-order chi connectivity index (χ1) is 11.7. The van der Waals surface area contributed by atoms with Crippen LogP contribution >= 0.6 is 15.9 Å². The number of morpholine rings is 1. The van der Waals surface area contributed by atoms with Gasteiger partial charge in [0.1, 0.15) is 5.82 Å². The Morgan fingerprint density at radius 3 is 2.75 bits per heavy atom. The van der Waals surface area contributed by atoms with Crippen LogP contribution in [0, 0.1) is 0 Å². The zero-order valence-corrected chi connectivity index (χ0v) is 15.2. The molecule has 0 spiro atoms. The lowest BCUT2D eigenvalue weighted by atomic mass is 10.1. The van der Waals surface area contributed by atoms with Crippen molar-refractivity contribution in [2.45, 2.75) is 6.54 Å². The number of aromatic nitrogens is 1. The molecule has 5 nitrogen and oxygen atoms in total. The maximum atomic E-state index is 12.9. The number of halogens is 1. The fourth-order valence-electron chi connectivity index (χ4n) is 2.75. The lowest BCUT2D eigenvalue weighted by Gasteiger charge is -2.30. The van der Waals surface area contributed by atoms with Gasteiger partial charge in [-0.2, -0.15) is 0 Å². The van der Waals surface area contributed by atoms with Crippen molar-refractivity contribution in [1.29, 1.82) is 0 Å². The van der Waals surface area contributed by atoms with Crippen LogP contribution in [0.5, 0.6) is 0 Å². The van der Waals surface area contributed by atoms with E-state index >= 15 is 0 Å². The largest absolute Gasteiger partial charge is 0.378 e. The maximum Gasteiger partial charge on any atom is 0.257 e. The summed E-state index contributed by atoms with van der Waals surface area (Å²) in [5, 5.41) is 0. The maximum absolute atomic E-state index is 12.9. The SMILES string of the molecule is CN(Cc1ccccc1Br)C(=O)c1cccnc1N1CCOCC1. The summed E-state index contributed by atoms with van der Waals surface area (Å²) in [6, 6.07) is 11.6. The number of carbonyl (C=O) groups is 1. The second-order valence-corrected chi connectivity index (χ2v) is 6.58. The minimum absolute atomic E-state index is 0.0275. The minimum Gasteiger partial charge on any atom is -0.378 e. The van der Waals surface area contributed by atoms with Gasteiger partial charge in [0.2, 0.25) is 0 Å². The summed E-state index contributed by atoms with van der Waals surface area (Å²) < 4.78 is 6.40. The minimum atomic E-state index is -0.0275. The second kappa shape index (κ2) is 7.77. The summed E-state index contributed by atoms with van der Waals surface area (Å²) in [4.78, 5) is 21.2. The highest BCUT2D eigenvalue weighted by Crippen LogP contribution is 2.22. The molecule has 3 rings (SSSR count). The molecule has 1 aliphatic rings. The zero-order chi connectivity index (χ0) is 16.9. The Kier molecular flexibility index (Phi) is 5.48. The number of hydrogen-bond donors (Lipinski definition) is 0. The zero-order valence-electron chi connectivity index (χ0n) is 13.6. The average Bonchev–Trinajstić information content (AvgIpc) is 2.63. The molecule has 0 aliphatic carbocycles. The first-order valence-corrected chi connectivity index (χ1v) is 8.72. The van der Waals surface area contributed by atoms with E-state index < -0.39 is 0 Å². The summed E-state index contributed by atoms with van der Waals surface area (Å²) in [5.74, 6) is 0.713. The highest BCUT2D eigenvalue weighted by atomic mass is 79.9. The van der Waals surface area contributed by atoms with Crippen molar-refractivity contribution in [3.8, 4) is 0 Å². The van der Waals surface area contributed by atoms with Gasteiger partial charge in [-0.15, -0.1) is 0 Å². The van der Waals surface area contributed by atoms with E-state index in [9.17, 15) is 4.79 Å². The van der Waals surface area contributed by atoms with Crippen LogP contribution in [-0.4, -0.2) is 49.1 Å². The molecule has 0 N–H and O–H groups in total. The molecular weight excluding hydrogens is 370 g/mol. The third kappa shape index (κ3) is 3.76. The quantitative estimate of drug-likeness (QED) is 0.806. The standard InChI is InChI=1S/C18H20BrN3O2/c1-21(13-14-5-2-3-7-16(14)19)18(23)15-6-4-8-20-17(15)22-9-11-24-12-10-22/h2-8H,9-13H2,1H3. The molecule has 2 aromatic rings. The predicted molar refractivity (Wildman–Crippen MR) is 97.2 cm³/mol. The van der Waals surface area contributed by atoms with E-state index in [4.69, 9.17) is 4.74 Å². The number of ether oxygens (including phenoxy) is 1. The van der Waals surface area contributed by atoms with Crippen molar-refractivity contribution < 1.29 is 9.53 Å². The molecule has 6 heteroatoms. The van der Waals surface area contributed by atoms with Gasteiger partial charge in [-0.3, -0.25) is 4.79 Å². The molecule has 0 saturated carbocycles. The Bertz CT molecular complexity index is 717. The fraction of sp³-hybridized carbons (Fsp3) is 0.333. The van der Waals surface area contributed by atoms with Gasteiger partial charge in [0, 0.05) is 37.4 Å². The van der Waals surface area contributed by atoms with E-state index in [-0.39, 0.29) is 5.91 Å². The van der Waals surface area contributed by atoms with Crippen molar-refractivity contribution in [3.63, 3.8) is 0 Å². The molecule has 0 bridgehead atoms. The number of amides is 1. The molecule has 0 atom stereocenters. The monoisotopic (exact) mass is 389 g/mol. The Balaban J connectivity index is 1.80. The topological polar surface area (TPSA) is 45.7 Å². The van der Waals surface area contributed by atoms with Crippen LogP contribution < -0.4 is 4.90 Å². The summed E-state index contributed by atoms with van der Waals surface area (Å²) in [7, 11) is 1.82. The van der Waals surface area contributed by atoms with Crippen LogP contribution in [0.4, 0.5) is 5.82 Å². The Labute approximate surface area is 150 Å². The first-order valence-electron chi connectivity index (χ1n) is 7.93. The van der Waals surface area contributed by atoms with Crippen LogP contribution in [0.15, 0.2) is 47.1 Å². The lowest BCUT2D eigenvalue weighted by Crippen LogP contribution is -2.38. The van der Waals surface area contributed by atoms with Gasteiger partial charge in [0.05, 0.1) is 18.8 Å². The number of hydrogen-bond acceptors (Lipinski definition) is 4. The molecule has 126 valence electrons. The molecule has 1 aromatic heterocycles. The highest BCUT2D eigenvalue weighted by molar-refractivity contribution is 9.10. The Hall–Kier alpha value is -1.92. The highest BCUT2D eigenvalue weighted by Gasteiger charge is 2.22. The van der Waals surface area contributed by atoms with E-state index in [0.29, 0.717) is 25.3 Å². The molecular formula is C18H20BrN3O2. The van der Waals surface area contributed by atoms with Gasteiger partial charge in [-0.25, -0.2) is 4.98 Å². The van der Waals surface area contributed by atoms with Gasteiger partial charge in [-0.05, 0) is 23.8 Å². The Morgan fingerprint density at radius 1 is 1.25 bits per heavy atom. The fourth-order valence-corrected chi connectivity index (χ4v) is 3.16. The van der Waals surface area contributed by atoms with E-state index in [1.54, 1.807) is 11.1 Å². The van der Waals surface area contributed by atoms with Crippen molar-refractivity contribution >= 4 is 27.7 Å². The molecule has 24 heavy (non-hydrogen) atoms. The van der Waals surface area contributed by atoms with Gasteiger partial charge >= 0.3 is 0 Å². The van der Waals surface area contributed by atoms with Crippen LogP contribution in [0.1, 0.15) is 15.9 Å². The summed E-state index contributed by atoms with van der Waals surface area (Å²) >= 11 is 3.53. The third-order valence-corrected chi connectivity index (χ3v) is 4.81. The van der Waals surface area contributed by atoms with Crippen molar-refractivity contribution in [2.75, 3.05) is 38.3 Å². The van der Waals surface area contributed by atoms with E-state index in [2.05, 4.69) is 25.8 Å². The third-order valence-electron chi connectivity index (χ3n) is 4.04. The van der Waals surface area contributed by atoms with Gasteiger partial charge in [0.25, 0.3) is 5.91 Å². The van der Waals surface area contributed by atoms with E-state index in [1.165, 1.54) is 0 Å². The molecule has 1 amide bonds. The van der Waals surface area contributed by atoms with Gasteiger partial charge in [0.15, 0.2) is 0 Å². The smallest absolute Gasteiger partial charge is 0.257 e. The lowest BCUT2D eigenvalue weighted by molar-refractivity contribution is 0.0783. The van der Waals surface area contributed by atoms with E-state index in [1.807, 2.05) is 43.4 Å². The molecule has 1 fully saturated rings. The molecule has 2 heterocycles. The van der Waals surface area contributed by atoms with Crippen molar-refractivity contribution in [1.82, 2.24) is 9.88 Å². The summed E-state index contributed by atoms with van der Waals surface area (Å²) in [6.07, 6.45) is 1.73. The predicted octanol–water partition coefficient (Wildman–Crippen LogP) is 2.95. The van der Waals surface area contributed by atoms with Gasteiger partial charge in [-0.1, -0.05) is 34.1 Å².